The van der Waals surface area contributed by atoms with Crippen LogP contribution in [0.15, 0.2) is 23.2 Å². The molecule has 0 aliphatic rings. The predicted octanol–water partition coefficient (Wildman–Crippen LogP) is 2.26. The van der Waals surface area contributed by atoms with Gasteiger partial charge in [-0.25, -0.2) is 0 Å². The molecule has 14 heavy (non-hydrogen) atoms. The average Bonchev–Trinajstić information content (AvgIpc) is 2.19. The Balaban J connectivity index is 2.69. The van der Waals surface area contributed by atoms with Crippen molar-refractivity contribution in [3.05, 3.63) is 24.0 Å². The van der Waals surface area contributed by atoms with E-state index in [4.69, 9.17) is 11.1 Å². The first-order valence-corrected chi connectivity index (χ1v) is 5.66. The Labute approximate surface area is 88.6 Å². The number of hydrogen-bond donors (Lipinski definition) is 2. The molecule has 0 bridgehead atoms. The van der Waals surface area contributed by atoms with Gasteiger partial charge in [-0.15, -0.1) is 11.8 Å². The number of nitrogens with zero attached hydrogens (tertiary/aromatic N) is 1. The first-order chi connectivity index (χ1) is 6.75. The number of nitrogen functional groups attached to an aromatic ring is 1. The summed E-state index contributed by atoms with van der Waals surface area (Å²) in [6, 6.07) is 3.84. The van der Waals surface area contributed by atoms with Crippen molar-refractivity contribution in [2.24, 2.45) is 5.73 Å². The molecule has 0 amide bonds. The normalized spacial score (nSPS) is 10.1. The first kappa shape index (κ1) is 11.0. The number of aromatic nitrogens is 1. The molecule has 0 spiro atoms. The standard InChI is InChI=1S/C10H15N3S/c1-2-3-7-14-8-5-4-6-13-9(8)10(11)12/h4-6H,2-3,7H2,1H3,(H3,11,12). The number of rotatable bonds is 5. The minimum Gasteiger partial charge on any atom is -0.382 e. The number of thioether (sulfide) groups is 1. The summed E-state index contributed by atoms with van der Waals surface area (Å²) in [5.41, 5.74) is 6.03. The summed E-state index contributed by atoms with van der Waals surface area (Å²) in [5.74, 6) is 1.10. The summed E-state index contributed by atoms with van der Waals surface area (Å²) in [7, 11) is 0. The van der Waals surface area contributed by atoms with Crippen molar-refractivity contribution in [2.75, 3.05) is 5.75 Å². The molecule has 0 aliphatic heterocycles. The Morgan fingerprint density at radius 2 is 2.43 bits per heavy atom. The van der Waals surface area contributed by atoms with Gasteiger partial charge in [-0.05, 0) is 24.3 Å². The summed E-state index contributed by atoms with van der Waals surface area (Å²) >= 11 is 1.72. The maximum Gasteiger partial charge on any atom is 0.142 e. The monoisotopic (exact) mass is 209 g/mol. The molecule has 0 fully saturated rings. The van der Waals surface area contributed by atoms with Crippen LogP contribution >= 0.6 is 11.8 Å². The third kappa shape index (κ3) is 3.03. The Kier molecular flexibility index (Phi) is 4.46. The molecule has 0 atom stereocenters. The van der Waals surface area contributed by atoms with Crippen molar-refractivity contribution in [1.29, 1.82) is 5.41 Å². The van der Waals surface area contributed by atoms with Gasteiger partial charge in [0, 0.05) is 11.1 Å². The molecule has 1 aromatic rings. The quantitative estimate of drug-likeness (QED) is 0.338. The Hall–Kier alpha value is -1.03. The zero-order valence-electron chi connectivity index (χ0n) is 8.29. The Morgan fingerprint density at radius 1 is 1.64 bits per heavy atom. The first-order valence-electron chi connectivity index (χ1n) is 4.68. The molecule has 0 saturated heterocycles. The molecule has 0 saturated carbocycles. The van der Waals surface area contributed by atoms with Gasteiger partial charge in [0.05, 0.1) is 0 Å². The molecule has 3 nitrogen and oxygen atoms in total. The van der Waals surface area contributed by atoms with Crippen molar-refractivity contribution < 1.29 is 0 Å². The minimum atomic E-state index is 0.0459. The second kappa shape index (κ2) is 5.65. The van der Waals surface area contributed by atoms with E-state index < -0.39 is 0 Å². The van der Waals surface area contributed by atoms with Crippen LogP contribution in [0.5, 0.6) is 0 Å². The van der Waals surface area contributed by atoms with E-state index in [9.17, 15) is 0 Å². The SMILES string of the molecule is CCCCSc1cccnc1C(=N)N. The van der Waals surface area contributed by atoms with Crippen molar-refractivity contribution in [1.82, 2.24) is 4.98 Å². The van der Waals surface area contributed by atoms with Crippen molar-refractivity contribution in [3.63, 3.8) is 0 Å². The van der Waals surface area contributed by atoms with Gasteiger partial charge in [0.1, 0.15) is 11.5 Å². The maximum absolute atomic E-state index is 7.36. The molecule has 1 heterocycles. The van der Waals surface area contributed by atoms with Crippen molar-refractivity contribution in [3.8, 4) is 0 Å². The van der Waals surface area contributed by atoms with Crippen LogP contribution in [-0.4, -0.2) is 16.6 Å². The van der Waals surface area contributed by atoms with E-state index in [1.165, 1.54) is 12.8 Å². The second-order valence-corrected chi connectivity index (χ2v) is 4.10. The number of unbranched alkanes of at least 4 members (excludes halogenated alkanes) is 1. The molecule has 0 unspecified atom stereocenters. The van der Waals surface area contributed by atoms with Crippen LogP contribution in [-0.2, 0) is 0 Å². The second-order valence-electron chi connectivity index (χ2n) is 2.97. The minimum absolute atomic E-state index is 0.0459. The van der Waals surface area contributed by atoms with Crippen LogP contribution in [0.1, 0.15) is 25.5 Å². The van der Waals surface area contributed by atoms with E-state index in [1.54, 1.807) is 18.0 Å². The van der Waals surface area contributed by atoms with Gasteiger partial charge >= 0.3 is 0 Å². The highest BCUT2D eigenvalue weighted by Crippen LogP contribution is 2.21. The fraction of sp³-hybridized carbons (Fsp3) is 0.400. The third-order valence-corrected chi connectivity index (χ3v) is 2.91. The lowest BCUT2D eigenvalue weighted by Gasteiger charge is -2.05. The smallest absolute Gasteiger partial charge is 0.142 e. The summed E-state index contributed by atoms with van der Waals surface area (Å²) in [4.78, 5) is 5.09. The Bertz CT molecular complexity index is 312. The van der Waals surface area contributed by atoms with Crippen molar-refractivity contribution >= 4 is 17.6 Å². The number of amidine groups is 1. The number of pyridine rings is 1. The van der Waals surface area contributed by atoms with Gasteiger partial charge in [0.15, 0.2) is 0 Å². The molecular weight excluding hydrogens is 194 g/mol. The summed E-state index contributed by atoms with van der Waals surface area (Å²) in [6.45, 7) is 2.16. The average molecular weight is 209 g/mol. The van der Waals surface area contributed by atoms with E-state index in [0.29, 0.717) is 5.69 Å². The van der Waals surface area contributed by atoms with Gasteiger partial charge in [0.2, 0.25) is 0 Å². The maximum atomic E-state index is 7.36. The largest absolute Gasteiger partial charge is 0.382 e. The van der Waals surface area contributed by atoms with Crippen LogP contribution in [0.3, 0.4) is 0 Å². The molecule has 0 aromatic carbocycles. The molecule has 76 valence electrons. The van der Waals surface area contributed by atoms with E-state index in [1.807, 2.05) is 12.1 Å². The van der Waals surface area contributed by atoms with Crippen LogP contribution in [0.2, 0.25) is 0 Å². The van der Waals surface area contributed by atoms with Crippen LogP contribution < -0.4 is 5.73 Å². The van der Waals surface area contributed by atoms with Crippen LogP contribution in [0, 0.1) is 5.41 Å². The van der Waals surface area contributed by atoms with Gasteiger partial charge in [0.25, 0.3) is 0 Å². The number of hydrogen-bond acceptors (Lipinski definition) is 3. The molecule has 0 radical (unpaired) electrons. The van der Waals surface area contributed by atoms with Gasteiger partial charge in [-0.2, -0.15) is 0 Å². The molecule has 1 rings (SSSR count). The van der Waals surface area contributed by atoms with Crippen LogP contribution in [0.25, 0.3) is 0 Å². The van der Waals surface area contributed by atoms with E-state index in [2.05, 4.69) is 11.9 Å². The number of nitrogens with two attached hydrogens (primary N) is 1. The van der Waals surface area contributed by atoms with Gasteiger partial charge in [-0.1, -0.05) is 13.3 Å². The lowest BCUT2D eigenvalue weighted by atomic mass is 10.3. The molecular formula is C10H15N3S. The highest BCUT2D eigenvalue weighted by Gasteiger charge is 2.05. The van der Waals surface area contributed by atoms with Gasteiger partial charge in [-0.3, -0.25) is 10.4 Å². The highest BCUT2D eigenvalue weighted by molar-refractivity contribution is 7.99. The van der Waals surface area contributed by atoms with E-state index >= 15 is 0 Å². The number of nitrogens with one attached hydrogen (secondary N) is 1. The fourth-order valence-electron chi connectivity index (χ4n) is 1.04. The van der Waals surface area contributed by atoms with Gasteiger partial charge < -0.3 is 5.73 Å². The third-order valence-electron chi connectivity index (χ3n) is 1.78. The molecule has 1 aromatic heterocycles. The zero-order valence-corrected chi connectivity index (χ0v) is 9.10. The lowest BCUT2D eigenvalue weighted by molar-refractivity contribution is 0.896. The summed E-state index contributed by atoms with van der Waals surface area (Å²) in [5, 5.41) is 7.36. The summed E-state index contributed by atoms with van der Waals surface area (Å²) in [6.07, 6.45) is 4.03. The van der Waals surface area contributed by atoms with Crippen molar-refractivity contribution in [2.45, 2.75) is 24.7 Å². The van der Waals surface area contributed by atoms with E-state index in [0.717, 1.165) is 10.6 Å². The van der Waals surface area contributed by atoms with Crippen LogP contribution in [0.4, 0.5) is 0 Å². The fourth-order valence-corrected chi connectivity index (χ4v) is 2.16. The zero-order chi connectivity index (χ0) is 10.4. The predicted molar refractivity (Wildman–Crippen MR) is 60.9 cm³/mol. The Morgan fingerprint density at radius 3 is 3.07 bits per heavy atom. The summed E-state index contributed by atoms with van der Waals surface area (Å²) < 4.78 is 0. The topological polar surface area (TPSA) is 62.8 Å². The highest BCUT2D eigenvalue weighted by atomic mass is 32.2. The molecule has 0 aliphatic carbocycles. The molecule has 3 N–H and O–H groups in total. The van der Waals surface area contributed by atoms with E-state index in [-0.39, 0.29) is 5.84 Å². The molecule has 4 heteroatoms. The lowest BCUT2D eigenvalue weighted by Crippen LogP contribution is -2.14.